The summed E-state index contributed by atoms with van der Waals surface area (Å²) >= 11 is 0. The van der Waals surface area contributed by atoms with Crippen molar-refractivity contribution in [2.45, 2.75) is 0 Å². The van der Waals surface area contributed by atoms with E-state index in [1.807, 2.05) is 79.0 Å². The van der Waals surface area contributed by atoms with Crippen molar-refractivity contribution in [2.24, 2.45) is 0 Å². The highest BCUT2D eigenvalue weighted by Gasteiger charge is 2.16. The quantitative estimate of drug-likeness (QED) is 0.213. The fraction of sp³-hybridized carbons (Fsp3) is 0. The van der Waals surface area contributed by atoms with Crippen molar-refractivity contribution in [3.8, 4) is 56.5 Å². The summed E-state index contributed by atoms with van der Waals surface area (Å²) < 4.78 is 6.35. The maximum Gasteiger partial charge on any atom is 0.182 e. The average molecular weight is 553 g/mol. The van der Waals surface area contributed by atoms with E-state index < -0.39 is 0 Å². The summed E-state index contributed by atoms with van der Waals surface area (Å²) in [6.45, 7) is 0. The monoisotopic (exact) mass is 552 g/mol. The zero-order chi connectivity index (χ0) is 28.6. The van der Waals surface area contributed by atoms with Gasteiger partial charge >= 0.3 is 0 Å². The number of hydrogen-bond donors (Lipinski definition) is 0. The van der Waals surface area contributed by atoms with Crippen molar-refractivity contribution in [1.82, 2.24) is 19.9 Å². The van der Waals surface area contributed by atoms with Gasteiger partial charge in [-0.1, -0.05) is 121 Å². The van der Waals surface area contributed by atoms with Gasteiger partial charge in [-0.15, -0.1) is 0 Å². The Bertz CT molecular complexity index is 2210. The Hall–Kier alpha value is -5.94. The Balaban J connectivity index is 1.23. The molecule has 0 fully saturated rings. The van der Waals surface area contributed by atoms with Gasteiger partial charge in [-0.25, -0.2) is 15.0 Å². The molecule has 0 amide bonds. The lowest BCUT2D eigenvalue weighted by molar-refractivity contribution is 0.668. The van der Waals surface area contributed by atoms with Crippen molar-refractivity contribution in [3.63, 3.8) is 0 Å². The summed E-state index contributed by atoms with van der Waals surface area (Å²) in [6.07, 6.45) is 1.85. The second-order valence-electron chi connectivity index (χ2n) is 10.4. The minimum absolute atomic E-state index is 0.489. The number of rotatable bonds is 5. The fourth-order valence-corrected chi connectivity index (χ4v) is 5.38. The first-order valence-electron chi connectivity index (χ1n) is 14.1. The molecule has 5 nitrogen and oxygen atoms in total. The summed E-state index contributed by atoms with van der Waals surface area (Å²) in [5.74, 6) is 1.66. The third-order valence-corrected chi connectivity index (χ3v) is 7.61. The number of nitrogens with zero attached hydrogens (tertiary/aromatic N) is 4. The first-order chi connectivity index (χ1) is 21.3. The van der Waals surface area contributed by atoms with Crippen molar-refractivity contribution in [2.75, 3.05) is 0 Å². The summed E-state index contributed by atoms with van der Waals surface area (Å²) in [4.78, 5) is 19.4. The van der Waals surface area contributed by atoms with Gasteiger partial charge in [0, 0.05) is 34.2 Å². The SMILES string of the molecule is c1ccc(-c2ccc(-c3nc(-c4ccccc4)nc(-c4cc5oc6cc(-c7ccccc7)ccc6c5cn4)n3)cc2)cc1. The van der Waals surface area contributed by atoms with Crippen molar-refractivity contribution >= 4 is 21.9 Å². The molecule has 0 spiro atoms. The number of aromatic nitrogens is 4. The number of furan rings is 1. The molecule has 0 aliphatic rings. The van der Waals surface area contributed by atoms with Gasteiger partial charge in [0.05, 0.1) is 0 Å². The van der Waals surface area contributed by atoms with Crippen LogP contribution >= 0.6 is 0 Å². The molecular weight excluding hydrogens is 528 g/mol. The Morgan fingerprint density at radius 1 is 0.372 bits per heavy atom. The molecule has 3 aromatic heterocycles. The van der Waals surface area contributed by atoms with Crippen molar-refractivity contribution < 1.29 is 4.42 Å². The molecular formula is C38H24N4O. The van der Waals surface area contributed by atoms with Crippen LogP contribution in [-0.4, -0.2) is 19.9 Å². The third kappa shape index (κ3) is 4.73. The smallest absolute Gasteiger partial charge is 0.182 e. The van der Waals surface area contributed by atoms with Crippen LogP contribution in [0.3, 0.4) is 0 Å². The van der Waals surface area contributed by atoms with Gasteiger partial charge in [0.2, 0.25) is 0 Å². The van der Waals surface area contributed by atoms with Crippen molar-refractivity contribution in [1.29, 1.82) is 0 Å². The first kappa shape index (κ1) is 24.8. The molecule has 8 rings (SSSR count). The minimum Gasteiger partial charge on any atom is -0.456 e. The van der Waals surface area contributed by atoms with E-state index in [1.54, 1.807) is 0 Å². The number of fused-ring (bicyclic) bond motifs is 3. The van der Waals surface area contributed by atoms with Gasteiger partial charge < -0.3 is 4.42 Å². The van der Waals surface area contributed by atoms with E-state index in [0.29, 0.717) is 23.2 Å². The van der Waals surface area contributed by atoms with Crippen LogP contribution in [0.5, 0.6) is 0 Å². The molecule has 0 N–H and O–H groups in total. The van der Waals surface area contributed by atoms with Gasteiger partial charge in [-0.3, -0.25) is 4.98 Å². The predicted octanol–water partition coefficient (Wildman–Crippen LogP) is 9.50. The molecule has 0 aliphatic heterocycles. The van der Waals surface area contributed by atoms with E-state index in [-0.39, 0.29) is 0 Å². The Kier molecular flexibility index (Phi) is 6.05. The molecule has 0 aliphatic carbocycles. The first-order valence-corrected chi connectivity index (χ1v) is 14.1. The highest BCUT2D eigenvalue weighted by molar-refractivity contribution is 6.06. The highest BCUT2D eigenvalue weighted by atomic mass is 16.3. The maximum absolute atomic E-state index is 6.35. The van der Waals surface area contributed by atoms with Gasteiger partial charge in [-0.05, 0) is 34.4 Å². The lowest BCUT2D eigenvalue weighted by Crippen LogP contribution is -2.01. The highest BCUT2D eigenvalue weighted by Crippen LogP contribution is 2.34. The van der Waals surface area contributed by atoms with Gasteiger partial charge in [0.25, 0.3) is 0 Å². The Labute approximate surface area is 248 Å². The molecule has 0 bridgehead atoms. The van der Waals surface area contributed by atoms with E-state index in [0.717, 1.165) is 55.3 Å². The van der Waals surface area contributed by atoms with Crippen LogP contribution in [0.1, 0.15) is 0 Å². The maximum atomic E-state index is 6.35. The van der Waals surface area contributed by atoms with Gasteiger partial charge in [0.15, 0.2) is 17.5 Å². The molecule has 3 heterocycles. The Morgan fingerprint density at radius 2 is 0.837 bits per heavy atom. The molecule has 0 unspecified atom stereocenters. The van der Waals surface area contributed by atoms with E-state index >= 15 is 0 Å². The van der Waals surface area contributed by atoms with Crippen LogP contribution in [0.25, 0.3) is 78.5 Å². The average Bonchev–Trinajstić information content (AvgIpc) is 3.46. The van der Waals surface area contributed by atoms with E-state index in [1.165, 1.54) is 0 Å². The van der Waals surface area contributed by atoms with E-state index in [9.17, 15) is 0 Å². The lowest BCUT2D eigenvalue weighted by atomic mass is 10.0. The molecule has 5 heteroatoms. The standard InChI is InChI=1S/C38H24N4O/c1-4-10-25(11-5-1)27-16-18-29(19-17-27)37-40-36(28-14-8-3-9-15-28)41-38(42-37)33-23-35-32(24-39-33)31-21-20-30(22-34(31)43-35)26-12-6-2-7-13-26/h1-24H. The molecule has 0 atom stereocenters. The molecule has 43 heavy (non-hydrogen) atoms. The summed E-state index contributed by atoms with van der Waals surface area (Å²) in [5.41, 5.74) is 8.53. The summed E-state index contributed by atoms with van der Waals surface area (Å²) in [7, 11) is 0. The molecule has 0 saturated heterocycles. The molecule has 0 saturated carbocycles. The summed E-state index contributed by atoms with van der Waals surface area (Å²) in [6, 6.07) is 47.1. The second kappa shape index (κ2) is 10.5. The lowest BCUT2D eigenvalue weighted by Gasteiger charge is -2.09. The molecule has 5 aromatic carbocycles. The number of pyridine rings is 1. The van der Waals surface area contributed by atoms with E-state index in [4.69, 9.17) is 24.4 Å². The normalized spacial score (nSPS) is 11.3. The van der Waals surface area contributed by atoms with Crippen LogP contribution in [0.4, 0.5) is 0 Å². The van der Waals surface area contributed by atoms with Gasteiger partial charge in [-0.2, -0.15) is 0 Å². The largest absolute Gasteiger partial charge is 0.456 e. The third-order valence-electron chi connectivity index (χ3n) is 7.61. The van der Waals surface area contributed by atoms with Crippen LogP contribution < -0.4 is 0 Å². The zero-order valence-corrected chi connectivity index (χ0v) is 23.1. The van der Waals surface area contributed by atoms with Crippen molar-refractivity contribution in [3.05, 3.63) is 146 Å². The number of benzene rings is 5. The molecule has 0 radical (unpaired) electrons. The zero-order valence-electron chi connectivity index (χ0n) is 23.1. The summed E-state index contributed by atoms with van der Waals surface area (Å²) in [5, 5.41) is 1.97. The molecule has 202 valence electrons. The Morgan fingerprint density at radius 3 is 1.49 bits per heavy atom. The number of hydrogen-bond acceptors (Lipinski definition) is 5. The van der Waals surface area contributed by atoms with Crippen LogP contribution in [-0.2, 0) is 0 Å². The van der Waals surface area contributed by atoms with Crippen LogP contribution in [0.2, 0.25) is 0 Å². The van der Waals surface area contributed by atoms with Crippen LogP contribution in [0, 0.1) is 0 Å². The predicted molar refractivity (Wildman–Crippen MR) is 172 cm³/mol. The fourth-order valence-electron chi connectivity index (χ4n) is 5.38. The van der Waals surface area contributed by atoms with Gasteiger partial charge in [0.1, 0.15) is 16.9 Å². The second-order valence-corrected chi connectivity index (χ2v) is 10.4. The topological polar surface area (TPSA) is 64.7 Å². The minimum atomic E-state index is 0.489. The molecule has 8 aromatic rings. The van der Waals surface area contributed by atoms with Crippen LogP contribution in [0.15, 0.2) is 150 Å². The van der Waals surface area contributed by atoms with E-state index in [2.05, 4.69) is 66.7 Å².